The topological polar surface area (TPSA) is 52.6 Å². The first-order chi connectivity index (χ1) is 14.9. The highest BCUT2D eigenvalue weighted by atomic mass is 16.5. The standard InChI is InChI=1S/C27H46O4/c1-6-8-9-10-11-12-13-14-15-22-30-26(28)18-16-19-27(29)31-25(21-20-23(3)4)24(5)17-7-2/h24-25H,3,6-19,22H2,1-2,4-5H3. The van der Waals surface area contributed by atoms with E-state index in [0.29, 0.717) is 13.0 Å². The lowest BCUT2D eigenvalue weighted by molar-refractivity contribution is -0.149. The number of allylic oxidation sites excluding steroid dienone is 1. The van der Waals surface area contributed by atoms with Crippen molar-refractivity contribution in [3.05, 3.63) is 12.2 Å². The molecule has 0 saturated carbocycles. The van der Waals surface area contributed by atoms with E-state index in [1.807, 2.05) is 13.8 Å². The molecule has 4 nitrogen and oxygen atoms in total. The van der Waals surface area contributed by atoms with Crippen LogP contribution in [0.25, 0.3) is 0 Å². The molecule has 0 heterocycles. The fourth-order valence-corrected chi connectivity index (χ4v) is 3.34. The van der Waals surface area contributed by atoms with E-state index < -0.39 is 6.10 Å². The number of esters is 2. The SMILES string of the molecule is C=C(C)C#CC(OC(=O)CCCC(=O)OCCCCCCCCCCC)C(C)CCC. The van der Waals surface area contributed by atoms with Gasteiger partial charge < -0.3 is 9.47 Å². The van der Waals surface area contributed by atoms with Gasteiger partial charge in [-0.05, 0) is 31.8 Å². The minimum atomic E-state index is -0.428. The molecule has 2 unspecified atom stereocenters. The number of hydrogen-bond acceptors (Lipinski definition) is 4. The van der Waals surface area contributed by atoms with Gasteiger partial charge in [0.05, 0.1) is 6.61 Å². The third-order valence-corrected chi connectivity index (χ3v) is 5.22. The van der Waals surface area contributed by atoms with E-state index in [4.69, 9.17) is 9.47 Å². The van der Waals surface area contributed by atoms with E-state index >= 15 is 0 Å². The fourth-order valence-electron chi connectivity index (χ4n) is 3.34. The summed E-state index contributed by atoms with van der Waals surface area (Å²) in [4.78, 5) is 24.0. The second-order valence-corrected chi connectivity index (χ2v) is 8.63. The Hall–Kier alpha value is -1.76. The van der Waals surface area contributed by atoms with Crippen molar-refractivity contribution in [2.45, 2.75) is 124 Å². The zero-order valence-electron chi connectivity index (χ0n) is 20.6. The van der Waals surface area contributed by atoms with Gasteiger partial charge in [-0.1, -0.05) is 97.0 Å². The van der Waals surface area contributed by atoms with Crippen molar-refractivity contribution in [1.82, 2.24) is 0 Å². The van der Waals surface area contributed by atoms with Crippen LogP contribution in [0.3, 0.4) is 0 Å². The molecule has 2 atom stereocenters. The van der Waals surface area contributed by atoms with Crippen molar-refractivity contribution in [3.8, 4) is 11.8 Å². The van der Waals surface area contributed by atoms with E-state index in [-0.39, 0.29) is 30.7 Å². The van der Waals surface area contributed by atoms with Crippen LogP contribution in [-0.4, -0.2) is 24.6 Å². The van der Waals surface area contributed by atoms with E-state index in [0.717, 1.165) is 31.3 Å². The Morgan fingerprint density at radius 2 is 1.42 bits per heavy atom. The molecule has 0 aliphatic rings. The van der Waals surface area contributed by atoms with Gasteiger partial charge in [-0.2, -0.15) is 0 Å². The number of ether oxygens (including phenoxy) is 2. The number of hydrogen-bond donors (Lipinski definition) is 0. The first-order valence-corrected chi connectivity index (χ1v) is 12.4. The molecule has 178 valence electrons. The van der Waals surface area contributed by atoms with Gasteiger partial charge in [-0.3, -0.25) is 9.59 Å². The van der Waals surface area contributed by atoms with Gasteiger partial charge in [-0.15, -0.1) is 0 Å². The van der Waals surface area contributed by atoms with Crippen molar-refractivity contribution in [2.75, 3.05) is 6.61 Å². The normalized spacial score (nSPS) is 12.4. The third kappa shape index (κ3) is 18.7. The smallest absolute Gasteiger partial charge is 0.307 e. The molecule has 0 rings (SSSR count). The minimum Gasteiger partial charge on any atom is -0.466 e. The lowest BCUT2D eigenvalue weighted by Crippen LogP contribution is -2.24. The van der Waals surface area contributed by atoms with Crippen LogP contribution in [0.15, 0.2) is 12.2 Å². The van der Waals surface area contributed by atoms with Crippen molar-refractivity contribution >= 4 is 11.9 Å². The molecular formula is C27H46O4. The molecule has 0 fully saturated rings. The van der Waals surface area contributed by atoms with Crippen LogP contribution in [0.4, 0.5) is 0 Å². The van der Waals surface area contributed by atoms with Gasteiger partial charge in [0, 0.05) is 18.8 Å². The summed E-state index contributed by atoms with van der Waals surface area (Å²) in [5.74, 6) is 5.56. The van der Waals surface area contributed by atoms with Crippen LogP contribution < -0.4 is 0 Å². The number of unbranched alkanes of at least 4 members (excludes halogenated alkanes) is 8. The van der Waals surface area contributed by atoms with Gasteiger partial charge in [0.15, 0.2) is 6.10 Å². The van der Waals surface area contributed by atoms with Crippen LogP contribution in [0.2, 0.25) is 0 Å². The lowest BCUT2D eigenvalue weighted by atomic mass is 9.99. The van der Waals surface area contributed by atoms with Crippen LogP contribution in [0.5, 0.6) is 0 Å². The Balaban J connectivity index is 3.90. The van der Waals surface area contributed by atoms with Crippen molar-refractivity contribution in [3.63, 3.8) is 0 Å². The summed E-state index contributed by atoms with van der Waals surface area (Å²) < 4.78 is 10.8. The van der Waals surface area contributed by atoms with Gasteiger partial charge in [0.25, 0.3) is 0 Å². The highest BCUT2D eigenvalue weighted by molar-refractivity contribution is 5.72. The van der Waals surface area contributed by atoms with E-state index in [1.165, 1.54) is 44.9 Å². The lowest BCUT2D eigenvalue weighted by Gasteiger charge is -2.19. The molecule has 0 aromatic carbocycles. The molecule has 0 aliphatic heterocycles. The number of carbonyl (C=O) groups excluding carboxylic acids is 2. The van der Waals surface area contributed by atoms with Crippen LogP contribution in [0.1, 0.15) is 118 Å². The Morgan fingerprint density at radius 1 is 0.839 bits per heavy atom. The summed E-state index contributed by atoms with van der Waals surface area (Å²) in [6.45, 7) is 12.5. The predicted octanol–water partition coefficient (Wildman–Crippen LogP) is 7.16. The van der Waals surface area contributed by atoms with Crippen molar-refractivity contribution in [1.29, 1.82) is 0 Å². The zero-order chi connectivity index (χ0) is 23.3. The third-order valence-electron chi connectivity index (χ3n) is 5.22. The fraction of sp³-hybridized carbons (Fsp3) is 0.778. The molecule has 0 bridgehead atoms. The molecule has 4 heteroatoms. The first kappa shape index (κ1) is 29.2. The molecule has 0 saturated heterocycles. The van der Waals surface area contributed by atoms with Gasteiger partial charge >= 0.3 is 11.9 Å². The van der Waals surface area contributed by atoms with E-state index in [9.17, 15) is 9.59 Å². The second kappa shape index (κ2) is 20.2. The summed E-state index contributed by atoms with van der Waals surface area (Å²) >= 11 is 0. The molecule has 0 aromatic rings. The highest BCUT2D eigenvalue weighted by Gasteiger charge is 2.19. The molecule has 0 aliphatic carbocycles. The highest BCUT2D eigenvalue weighted by Crippen LogP contribution is 2.15. The monoisotopic (exact) mass is 434 g/mol. The Labute approximate surface area is 191 Å². The summed E-state index contributed by atoms with van der Waals surface area (Å²) in [5, 5.41) is 0. The maximum absolute atomic E-state index is 12.2. The summed E-state index contributed by atoms with van der Waals surface area (Å²) in [6, 6.07) is 0. The van der Waals surface area contributed by atoms with Crippen molar-refractivity contribution < 1.29 is 19.1 Å². The largest absolute Gasteiger partial charge is 0.466 e. The predicted molar refractivity (Wildman–Crippen MR) is 129 cm³/mol. The quantitative estimate of drug-likeness (QED) is 0.130. The Bertz CT molecular complexity index is 555. The first-order valence-electron chi connectivity index (χ1n) is 12.4. The summed E-state index contributed by atoms with van der Waals surface area (Å²) in [5.41, 5.74) is 0.750. The molecular weight excluding hydrogens is 388 g/mol. The summed E-state index contributed by atoms with van der Waals surface area (Å²) in [6.07, 6.45) is 13.6. The van der Waals surface area contributed by atoms with E-state index in [1.54, 1.807) is 0 Å². The van der Waals surface area contributed by atoms with Gasteiger partial charge in [-0.25, -0.2) is 0 Å². The average molecular weight is 435 g/mol. The molecule has 0 amide bonds. The number of rotatable bonds is 18. The Kier molecular flexibility index (Phi) is 19.0. The second-order valence-electron chi connectivity index (χ2n) is 8.63. The Morgan fingerprint density at radius 3 is 2.00 bits per heavy atom. The molecule has 0 N–H and O–H groups in total. The maximum atomic E-state index is 12.2. The van der Waals surface area contributed by atoms with E-state index in [2.05, 4.69) is 32.3 Å². The maximum Gasteiger partial charge on any atom is 0.307 e. The minimum absolute atomic E-state index is 0.169. The average Bonchev–Trinajstić information content (AvgIpc) is 2.72. The van der Waals surface area contributed by atoms with Crippen LogP contribution >= 0.6 is 0 Å². The molecule has 31 heavy (non-hydrogen) atoms. The number of carbonyl (C=O) groups is 2. The summed E-state index contributed by atoms with van der Waals surface area (Å²) in [7, 11) is 0. The van der Waals surface area contributed by atoms with Gasteiger partial charge in [0.2, 0.25) is 0 Å². The zero-order valence-corrected chi connectivity index (χ0v) is 20.6. The molecule has 0 spiro atoms. The van der Waals surface area contributed by atoms with Crippen LogP contribution in [0, 0.1) is 17.8 Å². The van der Waals surface area contributed by atoms with Crippen molar-refractivity contribution in [2.24, 2.45) is 5.92 Å². The molecule has 0 aromatic heterocycles. The van der Waals surface area contributed by atoms with Crippen LogP contribution in [-0.2, 0) is 19.1 Å². The molecule has 0 radical (unpaired) electrons. The van der Waals surface area contributed by atoms with Gasteiger partial charge in [0.1, 0.15) is 0 Å².